The minimum Gasteiger partial charge on any atom is -0.318 e. The van der Waals surface area contributed by atoms with E-state index < -0.39 is 27.5 Å². The summed E-state index contributed by atoms with van der Waals surface area (Å²) in [6.45, 7) is 0.629. The van der Waals surface area contributed by atoms with Gasteiger partial charge in [0.05, 0.1) is 11.3 Å². The first-order valence-electron chi connectivity index (χ1n) is 5.92. The zero-order chi connectivity index (χ0) is 15.4. The minimum absolute atomic E-state index is 0.201. The van der Waals surface area contributed by atoms with Gasteiger partial charge in [-0.05, 0) is 18.7 Å². The summed E-state index contributed by atoms with van der Waals surface area (Å²) >= 11 is 0. The topological polar surface area (TPSA) is 49.4 Å². The molecule has 114 valence electrons. The SMILES string of the molecule is CNCCN(C)S(=O)(=O)Cc1ccccc1C(F)(F)F. The fraction of sp³-hybridized carbons (Fsp3) is 0.500. The molecule has 0 amide bonds. The molecule has 0 spiro atoms. The van der Waals surface area contributed by atoms with Gasteiger partial charge in [-0.2, -0.15) is 13.2 Å². The maximum atomic E-state index is 12.8. The molecule has 0 radical (unpaired) electrons. The Morgan fingerprint density at radius 3 is 2.40 bits per heavy atom. The number of halogens is 3. The van der Waals surface area contributed by atoms with Crippen molar-refractivity contribution >= 4 is 10.0 Å². The molecule has 0 saturated heterocycles. The second-order valence-electron chi connectivity index (χ2n) is 4.34. The van der Waals surface area contributed by atoms with Crippen LogP contribution in [0.15, 0.2) is 24.3 Å². The van der Waals surface area contributed by atoms with Crippen molar-refractivity contribution in [1.29, 1.82) is 0 Å². The van der Waals surface area contributed by atoms with E-state index in [1.54, 1.807) is 7.05 Å². The number of likely N-dealkylation sites (N-methyl/N-ethyl adjacent to an activating group) is 2. The predicted octanol–water partition coefficient (Wildman–Crippen LogP) is 1.69. The van der Waals surface area contributed by atoms with Crippen LogP contribution in [0.3, 0.4) is 0 Å². The summed E-state index contributed by atoms with van der Waals surface area (Å²) in [5, 5.41) is 2.78. The molecule has 1 N–H and O–H groups in total. The Morgan fingerprint density at radius 2 is 1.85 bits per heavy atom. The third-order valence-electron chi connectivity index (χ3n) is 2.81. The molecular weight excluding hydrogens is 293 g/mol. The Morgan fingerprint density at radius 1 is 1.25 bits per heavy atom. The van der Waals surface area contributed by atoms with Crippen LogP contribution >= 0.6 is 0 Å². The fourth-order valence-corrected chi connectivity index (χ4v) is 2.87. The second kappa shape index (κ2) is 6.55. The average Bonchev–Trinajstić information content (AvgIpc) is 2.34. The molecule has 0 aliphatic rings. The number of nitrogens with one attached hydrogen (secondary N) is 1. The highest BCUT2D eigenvalue weighted by atomic mass is 32.2. The Balaban J connectivity index is 2.99. The molecule has 0 aromatic heterocycles. The first kappa shape index (κ1) is 16.9. The summed E-state index contributed by atoms with van der Waals surface area (Å²) in [6.07, 6.45) is -4.56. The van der Waals surface area contributed by atoms with Gasteiger partial charge in [0.25, 0.3) is 0 Å². The van der Waals surface area contributed by atoms with Crippen LogP contribution in [0, 0.1) is 0 Å². The van der Waals surface area contributed by atoms with Crippen LogP contribution < -0.4 is 5.32 Å². The Labute approximate surface area is 116 Å². The van der Waals surface area contributed by atoms with Crippen molar-refractivity contribution in [2.75, 3.05) is 27.2 Å². The predicted molar refractivity (Wildman–Crippen MR) is 70.6 cm³/mol. The van der Waals surface area contributed by atoms with Gasteiger partial charge >= 0.3 is 6.18 Å². The molecule has 0 heterocycles. The van der Waals surface area contributed by atoms with E-state index >= 15 is 0 Å². The van der Waals surface area contributed by atoms with Crippen molar-refractivity contribution in [3.63, 3.8) is 0 Å². The number of rotatable bonds is 6. The highest BCUT2D eigenvalue weighted by Crippen LogP contribution is 2.32. The van der Waals surface area contributed by atoms with Crippen molar-refractivity contribution in [1.82, 2.24) is 9.62 Å². The fourth-order valence-electron chi connectivity index (χ4n) is 1.64. The summed E-state index contributed by atoms with van der Waals surface area (Å²) in [6, 6.07) is 4.71. The van der Waals surface area contributed by atoms with E-state index in [1.807, 2.05) is 0 Å². The van der Waals surface area contributed by atoms with Gasteiger partial charge < -0.3 is 5.32 Å². The van der Waals surface area contributed by atoms with Crippen molar-refractivity contribution in [2.24, 2.45) is 0 Å². The highest BCUT2D eigenvalue weighted by molar-refractivity contribution is 7.88. The van der Waals surface area contributed by atoms with Gasteiger partial charge in [-0.25, -0.2) is 12.7 Å². The normalized spacial score (nSPS) is 12.9. The molecule has 0 saturated carbocycles. The number of alkyl halides is 3. The first-order valence-corrected chi connectivity index (χ1v) is 7.53. The van der Waals surface area contributed by atoms with E-state index in [9.17, 15) is 21.6 Å². The number of hydrogen-bond acceptors (Lipinski definition) is 3. The molecule has 8 heteroatoms. The van der Waals surface area contributed by atoms with E-state index in [2.05, 4.69) is 5.32 Å². The monoisotopic (exact) mass is 310 g/mol. The van der Waals surface area contributed by atoms with Gasteiger partial charge in [0.2, 0.25) is 10.0 Å². The van der Waals surface area contributed by atoms with Gasteiger partial charge in [0, 0.05) is 20.1 Å². The summed E-state index contributed by atoms with van der Waals surface area (Å²) in [4.78, 5) is 0. The van der Waals surface area contributed by atoms with Crippen LogP contribution in [0.5, 0.6) is 0 Å². The third kappa shape index (κ3) is 4.46. The van der Waals surface area contributed by atoms with Crippen LogP contribution in [0.4, 0.5) is 13.2 Å². The van der Waals surface area contributed by atoms with Crippen LogP contribution in [0.25, 0.3) is 0 Å². The summed E-state index contributed by atoms with van der Waals surface area (Å²) in [7, 11) is -0.759. The zero-order valence-electron chi connectivity index (χ0n) is 11.2. The lowest BCUT2D eigenvalue weighted by Crippen LogP contribution is -2.34. The summed E-state index contributed by atoms with van der Waals surface area (Å²) in [5.74, 6) is -0.664. The molecule has 1 aromatic carbocycles. The molecule has 0 atom stereocenters. The standard InChI is InChI=1S/C12H17F3N2O2S/c1-16-7-8-17(2)20(18,19)9-10-5-3-4-6-11(10)12(13,14)15/h3-6,16H,7-9H2,1-2H3. The quantitative estimate of drug-likeness (QED) is 0.870. The van der Waals surface area contributed by atoms with Gasteiger partial charge in [-0.3, -0.25) is 0 Å². The number of hydrogen-bond donors (Lipinski definition) is 1. The van der Waals surface area contributed by atoms with Crippen molar-refractivity contribution in [3.05, 3.63) is 35.4 Å². The van der Waals surface area contributed by atoms with Crippen molar-refractivity contribution in [3.8, 4) is 0 Å². The van der Waals surface area contributed by atoms with Crippen LogP contribution in [-0.2, 0) is 22.0 Å². The summed E-state index contributed by atoms with van der Waals surface area (Å²) < 4.78 is 63.5. The lowest BCUT2D eigenvalue weighted by Gasteiger charge is -2.18. The molecule has 4 nitrogen and oxygen atoms in total. The maximum Gasteiger partial charge on any atom is 0.416 e. The smallest absolute Gasteiger partial charge is 0.318 e. The number of sulfonamides is 1. The molecule has 1 rings (SSSR count). The lowest BCUT2D eigenvalue weighted by molar-refractivity contribution is -0.138. The maximum absolute atomic E-state index is 12.8. The number of benzene rings is 1. The van der Waals surface area contributed by atoms with Gasteiger partial charge in [-0.15, -0.1) is 0 Å². The van der Waals surface area contributed by atoms with Gasteiger partial charge in [0.1, 0.15) is 0 Å². The molecule has 0 bridgehead atoms. The second-order valence-corrected chi connectivity index (χ2v) is 6.41. The molecular formula is C12H17F3N2O2S. The minimum atomic E-state index is -4.56. The zero-order valence-corrected chi connectivity index (χ0v) is 12.1. The molecule has 0 aliphatic carbocycles. The molecule has 0 aliphatic heterocycles. The molecule has 0 fully saturated rings. The number of nitrogens with zero attached hydrogens (tertiary/aromatic N) is 1. The highest BCUT2D eigenvalue weighted by Gasteiger charge is 2.34. The first-order chi connectivity index (χ1) is 9.18. The van der Waals surface area contributed by atoms with E-state index in [-0.39, 0.29) is 12.1 Å². The van der Waals surface area contributed by atoms with Crippen molar-refractivity contribution in [2.45, 2.75) is 11.9 Å². The van der Waals surface area contributed by atoms with E-state index in [1.165, 1.54) is 25.2 Å². The van der Waals surface area contributed by atoms with Crippen LogP contribution in [-0.4, -0.2) is 39.9 Å². The largest absolute Gasteiger partial charge is 0.416 e. The average molecular weight is 310 g/mol. The summed E-state index contributed by atoms with van der Waals surface area (Å²) in [5.41, 5.74) is -1.15. The Kier molecular flexibility index (Phi) is 5.55. The Hall–Kier alpha value is -1.12. The van der Waals surface area contributed by atoms with E-state index in [4.69, 9.17) is 0 Å². The third-order valence-corrected chi connectivity index (χ3v) is 4.62. The van der Waals surface area contributed by atoms with Gasteiger partial charge in [-0.1, -0.05) is 18.2 Å². The Bertz CT molecular complexity index is 544. The van der Waals surface area contributed by atoms with E-state index in [0.29, 0.717) is 6.54 Å². The van der Waals surface area contributed by atoms with Gasteiger partial charge in [0.15, 0.2) is 0 Å². The van der Waals surface area contributed by atoms with E-state index in [0.717, 1.165) is 10.4 Å². The van der Waals surface area contributed by atoms with Crippen LogP contribution in [0.2, 0.25) is 0 Å². The molecule has 20 heavy (non-hydrogen) atoms. The molecule has 1 aromatic rings. The molecule has 0 unspecified atom stereocenters. The van der Waals surface area contributed by atoms with Crippen LogP contribution in [0.1, 0.15) is 11.1 Å². The lowest BCUT2D eigenvalue weighted by atomic mass is 10.1. The van der Waals surface area contributed by atoms with Crippen molar-refractivity contribution < 1.29 is 21.6 Å².